The Morgan fingerprint density at radius 1 is 0.927 bits per heavy atom. The second-order valence-electron chi connectivity index (χ2n) is 10.5. The number of halogens is 1. The minimum atomic E-state index is -3.82. The maximum Gasteiger partial charge on any atom is 0.244 e. The van der Waals surface area contributed by atoms with Crippen molar-refractivity contribution in [2.24, 2.45) is 0 Å². The molecule has 0 aliphatic heterocycles. The van der Waals surface area contributed by atoms with Crippen molar-refractivity contribution in [3.63, 3.8) is 0 Å². The second-order valence-corrected chi connectivity index (χ2v) is 12.9. The number of benzene rings is 3. The van der Waals surface area contributed by atoms with Crippen molar-refractivity contribution in [2.75, 3.05) is 23.7 Å². The molecule has 0 unspecified atom stereocenters. The van der Waals surface area contributed by atoms with Gasteiger partial charge in [-0.3, -0.25) is 13.9 Å². The Bertz CT molecular complexity index is 1400. The third-order valence-corrected chi connectivity index (χ3v) is 8.25. The van der Waals surface area contributed by atoms with Crippen molar-refractivity contribution in [2.45, 2.75) is 58.5 Å². The average molecular weight is 598 g/mol. The van der Waals surface area contributed by atoms with E-state index >= 15 is 0 Å². The van der Waals surface area contributed by atoms with E-state index in [0.29, 0.717) is 17.3 Å². The van der Waals surface area contributed by atoms with Gasteiger partial charge in [0.1, 0.15) is 12.6 Å². The lowest BCUT2D eigenvalue weighted by Crippen LogP contribution is -2.53. The Balaban J connectivity index is 2.02. The molecule has 3 rings (SSSR count). The van der Waals surface area contributed by atoms with Crippen LogP contribution in [0.2, 0.25) is 5.02 Å². The summed E-state index contributed by atoms with van der Waals surface area (Å²) in [5.41, 5.74) is 3.07. The standard InChI is InChI=1S/C32H40ClN3O4S/c1-5-6-19-34-32(38)30(21-25-11-8-7-9-12-25)35(22-26-13-10-14-28(33)20-26)31(37)23-36(41(4,39)40)29-17-15-27(16-18-29)24(2)3/h7-18,20,24,30H,5-6,19,21-23H2,1-4H3,(H,34,38)/t30-/m0/s1. The van der Waals surface area contributed by atoms with E-state index in [-0.39, 0.29) is 24.8 Å². The summed E-state index contributed by atoms with van der Waals surface area (Å²) in [6, 6.07) is 22.9. The van der Waals surface area contributed by atoms with Gasteiger partial charge in [-0.05, 0) is 53.3 Å². The third kappa shape index (κ3) is 9.61. The van der Waals surface area contributed by atoms with Gasteiger partial charge in [-0.2, -0.15) is 0 Å². The number of nitrogens with zero attached hydrogens (tertiary/aromatic N) is 2. The predicted molar refractivity (Wildman–Crippen MR) is 167 cm³/mol. The van der Waals surface area contributed by atoms with Crippen LogP contribution in [0.25, 0.3) is 0 Å². The van der Waals surface area contributed by atoms with Crippen LogP contribution in [0.3, 0.4) is 0 Å². The van der Waals surface area contributed by atoms with Gasteiger partial charge in [0.05, 0.1) is 11.9 Å². The largest absolute Gasteiger partial charge is 0.354 e. The van der Waals surface area contributed by atoms with Crippen molar-refractivity contribution in [3.05, 3.63) is 101 Å². The van der Waals surface area contributed by atoms with E-state index in [1.807, 2.05) is 55.5 Å². The highest BCUT2D eigenvalue weighted by Gasteiger charge is 2.33. The van der Waals surface area contributed by atoms with Crippen molar-refractivity contribution in [1.29, 1.82) is 0 Å². The molecular weight excluding hydrogens is 558 g/mol. The zero-order chi connectivity index (χ0) is 30.0. The SMILES string of the molecule is CCCCNC(=O)[C@H](Cc1ccccc1)N(Cc1cccc(Cl)c1)C(=O)CN(c1ccc(C(C)C)cc1)S(C)(=O)=O. The Hall–Kier alpha value is -3.36. The van der Waals surface area contributed by atoms with Crippen LogP contribution in [0.4, 0.5) is 5.69 Å². The van der Waals surface area contributed by atoms with Crippen LogP contribution in [0, 0.1) is 0 Å². The molecule has 9 heteroatoms. The molecule has 0 saturated carbocycles. The maximum absolute atomic E-state index is 14.1. The van der Waals surface area contributed by atoms with Gasteiger partial charge in [0.25, 0.3) is 0 Å². The molecule has 0 aliphatic carbocycles. The summed E-state index contributed by atoms with van der Waals surface area (Å²) in [6.45, 7) is 6.27. The summed E-state index contributed by atoms with van der Waals surface area (Å²) in [5, 5.41) is 3.48. The molecule has 0 heterocycles. The Morgan fingerprint density at radius 2 is 1.59 bits per heavy atom. The summed E-state index contributed by atoms with van der Waals surface area (Å²) in [7, 11) is -3.82. The predicted octanol–water partition coefficient (Wildman–Crippen LogP) is 5.79. The van der Waals surface area contributed by atoms with Gasteiger partial charge in [0.15, 0.2) is 0 Å². The minimum absolute atomic E-state index is 0.0853. The summed E-state index contributed by atoms with van der Waals surface area (Å²) >= 11 is 6.25. The highest BCUT2D eigenvalue weighted by molar-refractivity contribution is 7.92. The number of carbonyl (C=O) groups is 2. The first-order valence-electron chi connectivity index (χ1n) is 13.9. The second kappa shape index (κ2) is 15.0. The Kier molecular flexibility index (Phi) is 11.8. The Morgan fingerprint density at radius 3 is 2.17 bits per heavy atom. The molecular formula is C32H40ClN3O4S. The van der Waals surface area contributed by atoms with Crippen LogP contribution in [0.5, 0.6) is 0 Å². The van der Waals surface area contributed by atoms with Crippen LogP contribution in [-0.4, -0.2) is 50.5 Å². The number of rotatable bonds is 14. The molecule has 220 valence electrons. The zero-order valence-electron chi connectivity index (χ0n) is 24.2. The van der Waals surface area contributed by atoms with Crippen LogP contribution in [-0.2, 0) is 32.6 Å². The molecule has 0 saturated heterocycles. The molecule has 0 fully saturated rings. The summed E-state index contributed by atoms with van der Waals surface area (Å²) in [4.78, 5) is 29.2. The molecule has 2 amide bonds. The number of amides is 2. The van der Waals surface area contributed by atoms with Crippen LogP contribution in [0.15, 0.2) is 78.9 Å². The van der Waals surface area contributed by atoms with Crippen molar-refractivity contribution in [1.82, 2.24) is 10.2 Å². The van der Waals surface area contributed by atoms with E-state index in [1.165, 1.54) is 4.90 Å². The van der Waals surface area contributed by atoms with Gasteiger partial charge in [0, 0.05) is 24.5 Å². The Labute approximate surface area is 249 Å². The number of carbonyl (C=O) groups excluding carboxylic acids is 2. The number of hydrogen-bond donors (Lipinski definition) is 1. The highest BCUT2D eigenvalue weighted by Crippen LogP contribution is 2.24. The third-order valence-electron chi connectivity index (χ3n) is 6.87. The first kappa shape index (κ1) is 32.2. The first-order chi connectivity index (χ1) is 19.5. The summed E-state index contributed by atoms with van der Waals surface area (Å²) in [6.07, 6.45) is 3.07. The van der Waals surface area contributed by atoms with E-state index < -0.39 is 28.5 Å². The quantitative estimate of drug-likeness (QED) is 0.238. The molecule has 1 N–H and O–H groups in total. The topological polar surface area (TPSA) is 86.8 Å². The normalized spacial score (nSPS) is 12.1. The lowest BCUT2D eigenvalue weighted by molar-refractivity contribution is -0.140. The lowest BCUT2D eigenvalue weighted by atomic mass is 10.0. The monoisotopic (exact) mass is 597 g/mol. The summed E-state index contributed by atoms with van der Waals surface area (Å²) < 4.78 is 27.0. The maximum atomic E-state index is 14.1. The van der Waals surface area contributed by atoms with Crippen LogP contribution in [0.1, 0.15) is 56.2 Å². The van der Waals surface area contributed by atoms with Crippen molar-refractivity contribution < 1.29 is 18.0 Å². The van der Waals surface area contributed by atoms with Gasteiger partial charge in [-0.15, -0.1) is 0 Å². The van der Waals surface area contributed by atoms with Crippen molar-refractivity contribution >= 4 is 39.1 Å². The van der Waals surface area contributed by atoms with Gasteiger partial charge in [0.2, 0.25) is 21.8 Å². The number of sulfonamides is 1. The van der Waals surface area contributed by atoms with E-state index in [1.54, 1.807) is 30.3 Å². The lowest BCUT2D eigenvalue weighted by Gasteiger charge is -2.33. The molecule has 41 heavy (non-hydrogen) atoms. The van der Waals surface area contributed by atoms with Crippen LogP contribution < -0.4 is 9.62 Å². The van der Waals surface area contributed by atoms with Crippen LogP contribution >= 0.6 is 11.6 Å². The minimum Gasteiger partial charge on any atom is -0.354 e. The summed E-state index contributed by atoms with van der Waals surface area (Å²) in [5.74, 6) is -0.504. The van der Waals surface area contributed by atoms with E-state index in [2.05, 4.69) is 19.2 Å². The number of nitrogens with one attached hydrogen (secondary N) is 1. The zero-order valence-corrected chi connectivity index (χ0v) is 25.8. The molecule has 0 bridgehead atoms. The number of unbranched alkanes of at least 4 members (excludes halogenated alkanes) is 1. The average Bonchev–Trinajstić information content (AvgIpc) is 2.93. The fourth-order valence-corrected chi connectivity index (χ4v) is 5.59. The molecule has 0 aliphatic rings. The first-order valence-corrected chi connectivity index (χ1v) is 16.2. The highest BCUT2D eigenvalue weighted by atomic mass is 35.5. The smallest absolute Gasteiger partial charge is 0.244 e. The van der Waals surface area contributed by atoms with E-state index in [0.717, 1.165) is 40.1 Å². The molecule has 0 radical (unpaired) electrons. The molecule has 0 aromatic heterocycles. The molecule has 0 spiro atoms. The molecule has 7 nitrogen and oxygen atoms in total. The fourth-order valence-electron chi connectivity index (χ4n) is 4.53. The molecule has 1 atom stereocenters. The van der Waals surface area contributed by atoms with Gasteiger partial charge in [-0.25, -0.2) is 8.42 Å². The van der Waals surface area contributed by atoms with Gasteiger partial charge >= 0.3 is 0 Å². The van der Waals surface area contributed by atoms with Gasteiger partial charge in [-0.1, -0.05) is 93.4 Å². The van der Waals surface area contributed by atoms with E-state index in [4.69, 9.17) is 11.6 Å². The number of anilines is 1. The molecule has 3 aromatic carbocycles. The molecule has 3 aromatic rings. The fraction of sp³-hybridized carbons (Fsp3) is 0.375. The number of hydrogen-bond acceptors (Lipinski definition) is 4. The van der Waals surface area contributed by atoms with Gasteiger partial charge < -0.3 is 10.2 Å². The van der Waals surface area contributed by atoms with E-state index in [9.17, 15) is 18.0 Å². The van der Waals surface area contributed by atoms with Crippen molar-refractivity contribution in [3.8, 4) is 0 Å².